The lowest BCUT2D eigenvalue weighted by Crippen LogP contribution is -2.45. The van der Waals surface area contributed by atoms with E-state index in [1.54, 1.807) is 0 Å². The Balaban J connectivity index is 1.31. The molecular formula is C22H28N4O2. The molecule has 28 heavy (non-hydrogen) atoms. The summed E-state index contributed by atoms with van der Waals surface area (Å²) in [6.07, 6.45) is 4.73. The third-order valence-corrected chi connectivity index (χ3v) is 6.02. The van der Waals surface area contributed by atoms with Gasteiger partial charge in [0.25, 0.3) is 0 Å². The van der Waals surface area contributed by atoms with Crippen LogP contribution in [0.5, 0.6) is 0 Å². The summed E-state index contributed by atoms with van der Waals surface area (Å²) in [6.45, 7) is 5.40. The van der Waals surface area contributed by atoms with E-state index in [0.29, 0.717) is 19.0 Å². The molecule has 2 amide bonds. The maximum atomic E-state index is 12.6. The second-order valence-corrected chi connectivity index (χ2v) is 8.10. The van der Waals surface area contributed by atoms with Crippen LogP contribution in [0.3, 0.4) is 0 Å². The van der Waals surface area contributed by atoms with Gasteiger partial charge in [0.15, 0.2) is 0 Å². The van der Waals surface area contributed by atoms with Crippen LogP contribution < -0.4 is 5.32 Å². The lowest BCUT2D eigenvalue weighted by Gasteiger charge is -2.36. The molecule has 2 heterocycles. The molecule has 4 rings (SSSR count). The number of piperidine rings is 1. The highest BCUT2D eigenvalue weighted by Crippen LogP contribution is 2.30. The molecule has 0 spiro atoms. The van der Waals surface area contributed by atoms with Gasteiger partial charge in [-0.25, -0.2) is 4.68 Å². The summed E-state index contributed by atoms with van der Waals surface area (Å²) in [4.78, 5) is 26.9. The second-order valence-electron chi connectivity index (χ2n) is 8.10. The van der Waals surface area contributed by atoms with Crippen LogP contribution in [0.15, 0.2) is 30.3 Å². The maximum absolute atomic E-state index is 12.6. The minimum Gasteiger partial charge on any atom is -0.342 e. The maximum Gasteiger partial charge on any atom is 0.227 e. The number of carbonyl (C=O) groups is 2. The predicted octanol–water partition coefficient (Wildman–Crippen LogP) is 3.47. The third kappa shape index (κ3) is 3.81. The fourth-order valence-corrected chi connectivity index (χ4v) is 4.10. The average molecular weight is 380 g/mol. The minimum absolute atomic E-state index is 0.0267. The van der Waals surface area contributed by atoms with E-state index in [1.165, 1.54) is 6.42 Å². The van der Waals surface area contributed by atoms with E-state index < -0.39 is 0 Å². The average Bonchev–Trinajstić information content (AvgIpc) is 2.99. The molecule has 1 N–H and O–H groups in total. The highest BCUT2D eigenvalue weighted by molar-refractivity contribution is 5.92. The van der Waals surface area contributed by atoms with Crippen LogP contribution in [0.1, 0.15) is 43.5 Å². The molecule has 1 saturated carbocycles. The molecule has 2 fully saturated rings. The van der Waals surface area contributed by atoms with Crippen molar-refractivity contribution in [1.82, 2.24) is 14.7 Å². The SMILES string of the molecule is Cc1cc(C)n(-c2ccc(NC(=O)C3CCN(C(=O)C4CCC4)CC3)cc2)n1. The Morgan fingerprint density at radius 3 is 2.21 bits per heavy atom. The van der Waals surface area contributed by atoms with E-state index in [1.807, 2.05) is 53.8 Å². The third-order valence-electron chi connectivity index (χ3n) is 6.02. The molecule has 0 unspecified atom stereocenters. The normalized spacial score (nSPS) is 18.0. The summed E-state index contributed by atoms with van der Waals surface area (Å²) < 4.78 is 1.90. The van der Waals surface area contributed by atoms with Gasteiger partial charge >= 0.3 is 0 Å². The molecule has 6 nitrogen and oxygen atoms in total. The van der Waals surface area contributed by atoms with Gasteiger partial charge in [0.2, 0.25) is 11.8 Å². The standard InChI is InChI=1S/C22H28N4O2/c1-15-14-16(2)26(24-15)20-8-6-19(7-9-20)23-21(27)17-10-12-25(13-11-17)22(28)18-4-3-5-18/h6-9,14,17-18H,3-5,10-13H2,1-2H3,(H,23,27). The number of carbonyl (C=O) groups excluding carboxylic acids is 2. The van der Waals surface area contributed by atoms with Gasteiger partial charge in [0.1, 0.15) is 0 Å². The lowest BCUT2D eigenvalue weighted by molar-refractivity contribution is -0.140. The van der Waals surface area contributed by atoms with Gasteiger partial charge in [-0.2, -0.15) is 5.10 Å². The number of nitrogens with zero attached hydrogens (tertiary/aromatic N) is 3. The highest BCUT2D eigenvalue weighted by Gasteiger charge is 2.33. The van der Waals surface area contributed by atoms with Gasteiger partial charge in [0.05, 0.1) is 11.4 Å². The monoisotopic (exact) mass is 380 g/mol. The number of rotatable bonds is 4. The van der Waals surface area contributed by atoms with Crippen molar-refractivity contribution in [2.24, 2.45) is 11.8 Å². The number of aryl methyl sites for hydroxylation is 2. The van der Waals surface area contributed by atoms with E-state index in [4.69, 9.17) is 0 Å². The number of benzene rings is 1. The van der Waals surface area contributed by atoms with Crippen LogP contribution in [0.25, 0.3) is 5.69 Å². The van der Waals surface area contributed by atoms with E-state index >= 15 is 0 Å². The Bertz CT molecular complexity index is 859. The van der Waals surface area contributed by atoms with Gasteiger partial charge in [-0.3, -0.25) is 9.59 Å². The van der Waals surface area contributed by atoms with Gasteiger partial charge in [-0.1, -0.05) is 6.42 Å². The molecular weight excluding hydrogens is 352 g/mol. The molecule has 1 saturated heterocycles. The molecule has 148 valence electrons. The summed E-state index contributed by atoms with van der Waals surface area (Å²) in [5, 5.41) is 7.51. The molecule has 0 bridgehead atoms. The number of hydrogen-bond acceptors (Lipinski definition) is 3. The molecule has 0 radical (unpaired) electrons. The molecule has 2 aliphatic rings. The van der Waals surface area contributed by atoms with Crippen LogP contribution in [0.4, 0.5) is 5.69 Å². The van der Waals surface area contributed by atoms with Crippen LogP contribution in [0.2, 0.25) is 0 Å². The Kier molecular flexibility index (Phi) is 5.20. The minimum atomic E-state index is -0.0267. The Morgan fingerprint density at radius 1 is 1.00 bits per heavy atom. The molecule has 1 aromatic heterocycles. The smallest absolute Gasteiger partial charge is 0.227 e. The predicted molar refractivity (Wildman–Crippen MR) is 108 cm³/mol. The fraction of sp³-hybridized carbons (Fsp3) is 0.500. The van der Waals surface area contributed by atoms with Crippen molar-refractivity contribution >= 4 is 17.5 Å². The number of amides is 2. The molecule has 1 aliphatic heterocycles. The highest BCUT2D eigenvalue weighted by atomic mass is 16.2. The second kappa shape index (κ2) is 7.78. The summed E-state index contributed by atoms with van der Waals surface area (Å²) in [5.74, 6) is 0.562. The largest absolute Gasteiger partial charge is 0.342 e. The molecule has 2 aromatic rings. The first kappa shape index (κ1) is 18.7. The number of aromatic nitrogens is 2. The Labute approximate surface area is 165 Å². The van der Waals surface area contributed by atoms with Gasteiger partial charge in [-0.15, -0.1) is 0 Å². The zero-order valence-corrected chi connectivity index (χ0v) is 16.6. The lowest BCUT2D eigenvalue weighted by atomic mass is 9.83. The fourth-order valence-electron chi connectivity index (χ4n) is 4.10. The first-order valence-electron chi connectivity index (χ1n) is 10.2. The zero-order valence-electron chi connectivity index (χ0n) is 16.6. The van der Waals surface area contributed by atoms with Crippen molar-refractivity contribution in [2.75, 3.05) is 18.4 Å². The first-order valence-corrected chi connectivity index (χ1v) is 10.2. The van der Waals surface area contributed by atoms with Gasteiger partial charge in [0, 0.05) is 36.3 Å². The van der Waals surface area contributed by atoms with E-state index in [0.717, 1.165) is 48.4 Å². The van der Waals surface area contributed by atoms with Gasteiger partial charge in [-0.05, 0) is 69.9 Å². The number of likely N-dealkylation sites (tertiary alicyclic amines) is 1. The van der Waals surface area contributed by atoms with Crippen molar-refractivity contribution in [2.45, 2.75) is 46.0 Å². The van der Waals surface area contributed by atoms with Crippen molar-refractivity contribution in [3.05, 3.63) is 41.7 Å². The number of nitrogens with one attached hydrogen (secondary N) is 1. The number of anilines is 1. The topological polar surface area (TPSA) is 67.2 Å². The molecule has 1 aliphatic carbocycles. The van der Waals surface area contributed by atoms with E-state index in [2.05, 4.69) is 10.4 Å². The summed E-state index contributed by atoms with van der Waals surface area (Å²) in [6, 6.07) is 9.81. The van der Waals surface area contributed by atoms with Crippen LogP contribution in [-0.2, 0) is 9.59 Å². The van der Waals surface area contributed by atoms with Crippen LogP contribution >= 0.6 is 0 Å². The Morgan fingerprint density at radius 2 is 1.68 bits per heavy atom. The quantitative estimate of drug-likeness (QED) is 0.883. The van der Waals surface area contributed by atoms with Crippen LogP contribution in [0, 0.1) is 25.7 Å². The Hall–Kier alpha value is -2.63. The first-order chi connectivity index (χ1) is 13.5. The molecule has 1 aromatic carbocycles. The van der Waals surface area contributed by atoms with Gasteiger partial charge < -0.3 is 10.2 Å². The number of hydrogen-bond donors (Lipinski definition) is 1. The van der Waals surface area contributed by atoms with Crippen LogP contribution in [-0.4, -0.2) is 39.6 Å². The summed E-state index contributed by atoms with van der Waals surface area (Å²) in [7, 11) is 0. The molecule has 6 heteroatoms. The summed E-state index contributed by atoms with van der Waals surface area (Å²) in [5.41, 5.74) is 3.84. The van der Waals surface area contributed by atoms with Crippen molar-refractivity contribution in [1.29, 1.82) is 0 Å². The van der Waals surface area contributed by atoms with E-state index in [9.17, 15) is 9.59 Å². The zero-order chi connectivity index (χ0) is 19.7. The summed E-state index contributed by atoms with van der Waals surface area (Å²) >= 11 is 0. The van der Waals surface area contributed by atoms with Crippen molar-refractivity contribution in [3.8, 4) is 5.69 Å². The van der Waals surface area contributed by atoms with Crippen molar-refractivity contribution < 1.29 is 9.59 Å². The van der Waals surface area contributed by atoms with E-state index in [-0.39, 0.29) is 17.7 Å². The molecule has 0 atom stereocenters. The van der Waals surface area contributed by atoms with Crippen molar-refractivity contribution in [3.63, 3.8) is 0 Å².